The largest absolute Gasteiger partial charge is 0.391 e. The lowest BCUT2D eigenvalue weighted by Gasteiger charge is -2.63. The number of aliphatic hydroxyl groups is 2. The van der Waals surface area contributed by atoms with E-state index in [2.05, 4.69) is 24.7 Å². The van der Waals surface area contributed by atoms with Crippen LogP contribution in [0.2, 0.25) is 0 Å². The Hall–Kier alpha value is -2.73. The SMILES string of the molecule is C#C[C@]1(O)CC[C@H]2[C@@H]3CCC4C[C@H](O)[C@@H](N5CCN(C(=O)[C@@H]6CCCN6C(=O)C(=O)Cc6ccccc6)CC5)C[C@]4(C)[C@H]3CC[C@@]21C. The second kappa shape index (κ2) is 12.3. The summed E-state index contributed by atoms with van der Waals surface area (Å²) < 4.78 is 0. The van der Waals surface area contributed by atoms with E-state index < -0.39 is 23.3 Å². The fraction of sp³-hybridized carbons (Fsp3) is 0.718. The van der Waals surface area contributed by atoms with E-state index in [1.807, 2.05) is 35.2 Å². The van der Waals surface area contributed by atoms with Crippen molar-refractivity contribution in [2.75, 3.05) is 32.7 Å². The zero-order chi connectivity index (χ0) is 33.1. The fourth-order valence-electron chi connectivity index (χ4n) is 11.7. The first-order valence-corrected chi connectivity index (χ1v) is 18.3. The molecule has 2 heterocycles. The number of carbonyl (C=O) groups is 3. The molecule has 6 aliphatic rings. The third kappa shape index (κ3) is 5.36. The molecule has 8 heteroatoms. The predicted octanol–water partition coefficient (Wildman–Crippen LogP) is 3.68. The van der Waals surface area contributed by atoms with Crippen molar-refractivity contribution in [3.05, 3.63) is 35.9 Å². The lowest BCUT2D eigenvalue weighted by atomic mass is 9.44. The summed E-state index contributed by atoms with van der Waals surface area (Å²) in [5.74, 6) is 3.84. The topological polar surface area (TPSA) is 101 Å². The molecule has 254 valence electrons. The third-order valence-corrected chi connectivity index (χ3v) is 14.4. The number of aliphatic hydroxyl groups excluding tert-OH is 1. The number of Topliss-reactive ketones (excluding diaryl/α,β-unsaturated/α-hetero) is 1. The van der Waals surface area contributed by atoms with Crippen molar-refractivity contribution in [2.24, 2.45) is 34.5 Å². The number of ketones is 1. The van der Waals surface area contributed by atoms with Gasteiger partial charge in [-0.2, -0.15) is 0 Å². The standard InChI is InChI=1S/C39H53N3O5/c1-4-39(47)17-15-30-28-13-12-27-24-33(43)32(25-37(27,2)29(28)14-16-38(30,39)3)40-19-21-41(22-20-40)35(45)31-11-8-18-42(31)36(46)34(44)23-26-9-6-5-7-10-26/h1,5-7,9-10,27-33,43,47H,8,11-25H2,2-3H3/t27?,28-,29+,30+,31+,32+,33+,37+,38+,39+/m1/s1. The van der Waals surface area contributed by atoms with E-state index in [-0.39, 0.29) is 35.3 Å². The van der Waals surface area contributed by atoms with Crippen LogP contribution in [0.3, 0.4) is 0 Å². The summed E-state index contributed by atoms with van der Waals surface area (Å²) >= 11 is 0. The van der Waals surface area contributed by atoms with Gasteiger partial charge in [0.1, 0.15) is 11.6 Å². The van der Waals surface area contributed by atoms with Crippen LogP contribution in [-0.2, 0) is 20.8 Å². The van der Waals surface area contributed by atoms with Gasteiger partial charge in [0.15, 0.2) is 0 Å². The molecular formula is C39H53N3O5. The summed E-state index contributed by atoms with van der Waals surface area (Å²) in [4.78, 5) is 45.6. The average molecular weight is 644 g/mol. The van der Waals surface area contributed by atoms with Crippen molar-refractivity contribution in [2.45, 2.75) is 108 Å². The zero-order valence-corrected chi connectivity index (χ0v) is 28.3. The number of hydrogen-bond donors (Lipinski definition) is 2. The Labute approximate surface area is 280 Å². The Morgan fingerprint density at radius 1 is 0.936 bits per heavy atom. The molecule has 2 N–H and O–H groups in total. The molecule has 4 saturated carbocycles. The Morgan fingerprint density at radius 3 is 2.38 bits per heavy atom. The summed E-state index contributed by atoms with van der Waals surface area (Å²) in [5.41, 5.74) is -0.273. The van der Waals surface area contributed by atoms with Gasteiger partial charge in [-0.3, -0.25) is 19.3 Å². The van der Waals surface area contributed by atoms with Crippen molar-refractivity contribution < 1.29 is 24.6 Å². The van der Waals surface area contributed by atoms with Gasteiger partial charge < -0.3 is 20.0 Å². The second-order valence-electron chi connectivity index (χ2n) is 16.3. The van der Waals surface area contributed by atoms with Crippen LogP contribution >= 0.6 is 0 Å². The van der Waals surface area contributed by atoms with Crippen LogP contribution in [0.1, 0.15) is 83.6 Å². The number of likely N-dealkylation sites (tertiary alicyclic amines) is 1. The first-order chi connectivity index (χ1) is 22.5. The van der Waals surface area contributed by atoms with Crippen molar-refractivity contribution in [3.8, 4) is 12.3 Å². The maximum atomic E-state index is 13.7. The number of rotatable bonds is 5. The molecule has 0 spiro atoms. The number of terminal acetylenes is 1. The van der Waals surface area contributed by atoms with Crippen molar-refractivity contribution >= 4 is 17.6 Å². The molecule has 1 aromatic rings. The van der Waals surface area contributed by atoms with Crippen LogP contribution in [-0.4, -0.2) is 99.0 Å². The third-order valence-electron chi connectivity index (χ3n) is 14.4. The van der Waals surface area contributed by atoms with Crippen molar-refractivity contribution in [1.82, 2.24) is 14.7 Å². The number of hydrogen-bond acceptors (Lipinski definition) is 6. The van der Waals surface area contributed by atoms with Gasteiger partial charge in [0, 0.05) is 50.6 Å². The smallest absolute Gasteiger partial charge is 0.290 e. The van der Waals surface area contributed by atoms with Gasteiger partial charge >= 0.3 is 0 Å². The summed E-state index contributed by atoms with van der Waals surface area (Å²) in [7, 11) is 0. The molecular weight excluding hydrogens is 590 g/mol. The molecule has 0 aromatic heterocycles. The molecule has 10 atom stereocenters. The number of carbonyl (C=O) groups excluding carboxylic acids is 3. The molecule has 4 aliphatic carbocycles. The fourth-order valence-corrected chi connectivity index (χ4v) is 11.7. The summed E-state index contributed by atoms with van der Waals surface area (Å²) in [6, 6.07) is 8.76. The monoisotopic (exact) mass is 643 g/mol. The Kier molecular flexibility index (Phi) is 8.59. The van der Waals surface area contributed by atoms with Crippen LogP contribution in [0, 0.1) is 46.8 Å². The molecule has 47 heavy (non-hydrogen) atoms. The highest BCUT2D eigenvalue weighted by Gasteiger charge is 2.65. The molecule has 6 fully saturated rings. The van der Waals surface area contributed by atoms with Crippen molar-refractivity contribution in [3.63, 3.8) is 0 Å². The first kappa shape index (κ1) is 32.8. The quantitative estimate of drug-likeness (QED) is 0.375. The average Bonchev–Trinajstić information content (AvgIpc) is 3.67. The number of piperazine rings is 1. The molecule has 8 nitrogen and oxygen atoms in total. The summed E-state index contributed by atoms with van der Waals surface area (Å²) in [6.07, 6.45) is 14.8. The maximum Gasteiger partial charge on any atom is 0.290 e. The minimum absolute atomic E-state index is 0.0496. The van der Waals surface area contributed by atoms with Gasteiger partial charge in [-0.15, -0.1) is 6.42 Å². The Morgan fingerprint density at radius 2 is 1.66 bits per heavy atom. The van der Waals surface area contributed by atoms with E-state index in [9.17, 15) is 24.6 Å². The number of nitrogens with zero attached hydrogens (tertiary/aromatic N) is 3. The summed E-state index contributed by atoms with van der Waals surface area (Å²) in [5, 5.41) is 22.9. The summed E-state index contributed by atoms with van der Waals surface area (Å²) in [6.45, 7) is 7.70. The van der Waals surface area contributed by atoms with E-state index >= 15 is 0 Å². The van der Waals surface area contributed by atoms with E-state index in [0.29, 0.717) is 69.2 Å². The van der Waals surface area contributed by atoms with E-state index in [4.69, 9.17) is 6.42 Å². The van der Waals surface area contributed by atoms with E-state index in [1.54, 1.807) is 0 Å². The van der Waals surface area contributed by atoms with Crippen LogP contribution in [0.25, 0.3) is 0 Å². The number of fused-ring (bicyclic) bond motifs is 5. The van der Waals surface area contributed by atoms with Crippen LogP contribution in [0.5, 0.6) is 0 Å². The highest BCUT2D eigenvalue weighted by atomic mass is 16.3. The Bertz CT molecular complexity index is 1420. The van der Waals surface area contributed by atoms with Crippen molar-refractivity contribution in [1.29, 1.82) is 0 Å². The highest BCUT2D eigenvalue weighted by Crippen LogP contribution is 2.68. The van der Waals surface area contributed by atoms with Crippen LogP contribution < -0.4 is 0 Å². The lowest BCUT2D eigenvalue weighted by molar-refractivity contribution is -0.163. The molecule has 2 saturated heterocycles. The minimum Gasteiger partial charge on any atom is -0.391 e. The van der Waals surface area contributed by atoms with Gasteiger partial charge in [0.2, 0.25) is 11.7 Å². The lowest BCUT2D eigenvalue weighted by Crippen LogP contribution is -2.63. The maximum absolute atomic E-state index is 13.7. The normalized spacial score (nSPS) is 41.8. The molecule has 2 aliphatic heterocycles. The van der Waals surface area contributed by atoms with Gasteiger partial charge in [-0.25, -0.2) is 0 Å². The zero-order valence-electron chi connectivity index (χ0n) is 28.3. The van der Waals surface area contributed by atoms with Gasteiger partial charge in [-0.05, 0) is 98.9 Å². The van der Waals surface area contributed by atoms with Gasteiger partial charge in [0.05, 0.1) is 6.10 Å². The molecule has 7 rings (SSSR count). The number of amides is 2. The molecule has 2 amide bonds. The highest BCUT2D eigenvalue weighted by molar-refractivity contribution is 6.37. The second-order valence-corrected chi connectivity index (χ2v) is 16.3. The Balaban J connectivity index is 0.983. The molecule has 1 unspecified atom stereocenters. The van der Waals surface area contributed by atoms with Crippen LogP contribution in [0.4, 0.5) is 0 Å². The van der Waals surface area contributed by atoms with E-state index in [0.717, 1.165) is 50.5 Å². The van der Waals surface area contributed by atoms with Gasteiger partial charge in [0.25, 0.3) is 5.91 Å². The predicted molar refractivity (Wildman–Crippen MR) is 179 cm³/mol. The molecule has 1 aromatic carbocycles. The number of benzene rings is 1. The first-order valence-electron chi connectivity index (χ1n) is 18.3. The van der Waals surface area contributed by atoms with E-state index in [1.165, 1.54) is 11.3 Å². The van der Waals surface area contributed by atoms with Crippen LogP contribution in [0.15, 0.2) is 30.3 Å². The molecule has 0 bridgehead atoms. The minimum atomic E-state index is -0.997. The van der Waals surface area contributed by atoms with Gasteiger partial charge in [-0.1, -0.05) is 50.1 Å². The molecule has 0 radical (unpaired) electrons.